The summed E-state index contributed by atoms with van der Waals surface area (Å²) in [6.45, 7) is 4.51. The largest absolute Gasteiger partial charge is 0.465 e. The van der Waals surface area contributed by atoms with Crippen LogP contribution >= 0.6 is 0 Å². The van der Waals surface area contributed by atoms with Gasteiger partial charge in [-0.25, -0.2) is 4.79 Å². The molecule has 0 atom stereocenters. The van der Waals surface area contributed by atoms with E-state index >= 15 is 0 Å². The highest BCUT2D eigenvalue weighted by Gasteiger charge is 2.18. The molecule has 4 rings (SSSR count). The van der Waals surface area contributed by atoms with Gasteiger partial charge in [-0.15, -0.1) is 10.2 Å². The topological polar surface area (TPSA) is 106 Å². The molecule has 8 heteroatoms. The Kier molecular flexibility index (Phi) is 6.73. The van der Waals surface area contributed by atoms with E-state index in [1.54, 1.807) is 0 Å². The summed E-state index contributed by atoms with van der Waals surface area (Å²) in [5.74, 6) is 0.168. The van der Waals surface area contributed by atoms with Crippen molar-refractivity contribution in [2.75, 3.05) is 12.4 Å². The van der Waals surface area contributed by atoms with E-state index in [1.807, 2.05) is 37.3 Å². The van der Waals surface area contributed by atoms with Crippen LogP contribution in [0.15, 0.2) is 54.6 Å². The summed E-state index contributed by atoms with van der Waals surface area (Å²) < 4.78 is 4.98. The Bertz CT molecular complexity index is 1240. The zero-order chi connectivity index (χ0) is 23.2. The summed E-state index contributed by atoms with van der Waals surface area (Å²) in [6.07, 6.45) is 1.84. The van der Waals surface area contributed by atoms with Gasteiger partial charge in [-0.1, -0.05) is 61.9 Å². The van der Waals surface area contributed by atoms with Crippen LogP contribution in [0.25, 0.3) is 22.5 Å². The highest BCUT2D eigenvalue weighted by atomic mass is 16.5. The summed E-state index contributed by atoms with van der Waals surface area (Å²) in [6, 6.07) is 18.2. The number of esters is 1. The first-order valence-corrected chi connectivity index (χ1v) is 10.9. The Balaban J connectivity index is 1.56. The fourth-order valence-electron chi connectivity index (χ4n) is 3.83. The number of aromatic amines is 1. The van der Waals surface area contributed by atoms with Gasteiger partial charge < -0.3 is 10.1 Å². The number of tetrazole rings is 1. The molecule has 33 heavy (non-hydrogen) atoms. The van der Waals surface area contributed by atoms with E-state index in [0.29, 0.717) is 23.6 Å². The third-order valence-corrected chi connectivity index (χ3v) is 5.41. The van der Waals surface area contributed by atoms with Gasteiger partial charge in [0, 0.05) is 17.8 Å². The molecule has 4 aromatic rings. The molecule has 8 nitrogen and oxygen atoms in total. The molecule has 0 fully saturated rings. The van der Waals surface area contributed by atoms with Gasteiger partial charge in [0.25, 0.3) is 0 Å². The number of aryl methyl sites for hydroxylation is 2. The van der Waals surface area contributed by atoms with Crippen molar-refractivity contribution < 1.29 is 9.53 Å². The average molecular weight is 443 g/mol. The van der Waals surface area contributed by atoms with Crippen molar-refractivity contribution in [3.63, 3.8) is 0 Å². The minimum absolute atomic E-state index is 0.390. The Morgan fingerprint density at radius 1 is 1.09 bits per heavy atom. The molecule has 0 saturated carbocycles. The summed E-state index contributed by atoms with van der Waals surface area (Å²) in [5.41, 5.74) is 6.92. The van der Waals surface area contributed by atoms with Crippen LogP contribution in [0.5, 0.6) is 0 Å². The molecule has 0 aliphatic heterocycles. The number of H-pyrrole nitrogens is 1. The number of nitrogens with one attached hydrogen (secondary N) is 2. The second kappa shape index (κ2) is 10.0. The van der Waals surface area contributed by atoms with Crippen LogP contribution in [0, 0.1) is 6.92 Å². The van der Waals surface area contributed by atoms with E-state index in [2.05, 4.69) is 62.1 Å². The van der Waals surface area contributed by atoms with E-state index in [9.17, 15) is 4.79 Å². The quantitative estimate of drug-likeness (QED) is 0.385. The third-order valence-electron chi connectivity index (χ3n) is 5.41. The smallest absolute Gasteiger partial charge is 0.341 e. The second-order valence-corrected chi connectivity index (χ2v) is 7.69. The number of carbonyl (C=O) groups excluding carboxylic acids is 1. The van der Waals surface area contributed by atoms with Gasteiger partial charge in [-0.2, -0.15) is 5.21 Å². The van der Waals surface area contributed by atoms with Crippen molar-refractivity contribution in [1.29, 1.82) is 0 Å². The molecular formula is C25H26N6O2. The Morgan fingerprint density at radius 2 is 1.85 bits per heavy atom. The number of rotatable bonds is 8. The molecule has 2 heterocycles. The number of anilines is 1. The van der Waals surface area contributed by atoms with E-state index in [-0.39, 0.29) is 5.97 Å². The minimum Gasteiger partial charge on any atom is -0.465 e. The van der Waals surface area contributed by atoms with Gasteiger partial charge in [0.2, 0.25) is 5.82 Å². The monoisotopic (exact) mass is 442 g/mol. The van der Waals surface area contributed by atoms with Crippen molar-refractivity contribution in [2.45, 2.75) is 33.2 Å². The molecule has 0 spiro atoms. The third kappa shape index (κ3) is 4.90. The maximum Gasteiger partial charge on any atom is 0.341 e. The second-order valence-electron chi connectivity index (χ2n) is 7.69. The average Bonchev–Trinajstić information content (AvgIpc) is 3.38. The highest BCUT2D eigenvalue weighted by Crippen LogP contribution is 2.30. The lowest BCUT2D eigenvalue weighted by atomic mass is 9.98. The first kappa shape index (κ1) is 22.1. The number of carbonyl (C=O) groups is 1. The number of benzene rings is 2. The summed E-state index contributed by atoms with van der Waals surface area (Å²) >= 11 is 0. The normalized spacial score (nSPS) is 10.8. The zero-order valence-electron chi connectivity index (χ0n) is 18.9. The molecule has 2 aromatic carbocycles. The first-order valence-electron chi connectivity index (χ1n) is 10.9. The van der Waals surface area contributed by atoms with Crippen LogP contribution in [0.1, 0.15) is 40.7 Å². The molecule has 0 bridgehead atoms. The van der Waals surface area contributed by atoms with Crippen LogP contribution in [0.4, 0.5) is 5.69 Å². The number of nitrogens with zero attached hydrogens (tertiary/aromatic N) is 4. The molecule has 2 N–H and O–H groups in total. The number of ether oxygens (including phenoxy) is 1. The maximum absolute atomic E-state index is 12.3. The first-order chi connectivity index (χ1) is 16.1. The van der Waals surface area contributed by atoms with Gasteiger partial charge in [0.05, 0.1) is 18.5 Å². The van der Waals surface area contributed by atoms with Gasteiger partial charge >= 0.3 is 5.97 Å². The van der Waals surface area contributed by atoms with E-state index in [1.165, 1.54) is 7.11 Å². The summed E-state index contributed by atoms with van der Waals surface area (Å²) in [5, 5.41) is 17.8. The summed E-state index contributed by atoms with van der Waals surface area (Å²) in [7, 11) is 1.39. The van der Waals surface area contributed by atoms with Crippen molar-refractivity contribution in [3.05, 3.63) is 77.1 Å². The van der Waals surface area contributed by atoms with Gasteiger partial charge in [0.1, 0.15) is 5.56 Å². The molecule has 0 aliphatic rings. The van der Waals surface area contributed by atoms with Crippen molar-refractivity contribution in [1.82, 2.24) is 25.6 Å². The van der Waals surface area contributed by atoms with Crippen LogP contribution in [-0.2, 0) is 17.7 Å². The number of methoxy groups -OCH3 is 1. The SMILES string of the molecule is CCCc1cc(NCc2ccc(-c3ccccc3-c3nn[nH]n3)cc2)c(C(=O)OC)c(C)n1. The predicted molar refractivity (Wildman–Crippen MR) is 127 cm³/mol. The fraction of sp³-hybridized carbons (Fsp3) is 0.240. The molecule has 0 unspecified atom stereocenters. The molecule has 0 aliphatic carbocycles. The van der Waals surface area contributed by atoms with Crippen LogP contribution in [0.2, 0.25) is 0 Å². The highest BCUT2D eigenvalue weighted by molar-refractivity contribution is 5.96. The Labute approximate surface area is 192 Å². The van der Waals surface area contributed by atoms with Crippen molar-refractivity contribution in [3.8, 4) is 22.5 Å². The van der Waals surface area contributed by atoms with Crippen molar-refractivity contribution >= 4 is 11.7 Å². The molecular weight excluding hydrogens is 416 g/mol. The molecule has 0 radical (unpaired) electrons. The predicted octanol–water partition coefficient (Wildman–Crippen LogP) is 4.59. The molecule has 168 valence electrons. The number of hydrogen-bond acceptors (Lipinski definition) is 7. The lowest BCUT2D eigenvalue weighted by Crippen LogP contribution is -2.13. The number of hydrogen-bond donors (Lipinski definition) is 2. The van der Waals surface area contributed by atoms with Crippen LogP contribution in [-0.4, -0.2) is 38.7 Å². The lowest BCUT2D eigenvalue weighted by Gasteiger charge is -2.15. The zero-order valence-corrected chi connectivity index (χ0v) is 18.9. The molecule has 0 saturated heterocycles. The van der Waals surface area contributed by atoms with E-state index < -0.39 is 0 Å². The van der Waals surface area contributed by atoms with Gasteiger partial charge in [0.15, 0.2) is 0 Å². The van der Waals surface area contributed by atoms with E-state index in [0.717, 1.165) is 46.5 Å². The molecule has 2 aromatic heterocycles. The lowest BCUT2D eigenvalue weighted by molar-refractivity contribution is 0.0600. The standard InChI is InChI=1S/C25H26N6O2/c1-4-7-19-14-22(23(16(2)27-19)25(32)33-3)26-15-17-10-12-18(13-11-17)20-8-5-6-9-21(20)24-28-30-31-29-24/h5-6,8-14H,4,7,15H2,1-3H3,(H,26,27)(H,28,29,30,31). The van der Waals surface area contributed by atoms with Crippen molar-refractivity contribution in [2.24, 2.45) is 0 Å². The summed E-state index contributed by atoms with van der Waals surface area (Å²) in [4.78, 5) is 16.9. The Hall–Kier alpha value is -4.07. The van der Waals surface area contributed by atoms with Gasteiger partial charge in [-0.3, -0.25) is 4.98 Å². The minimum atomic E-state index is -0.390. The van der Waals surface area contributed by atoms with Crippen LogP contribution < -0.4 is 5.32 Å². The number of aromatic nitrogens is 5. The van der Waals surface area contributed by atoms with Crippen LogP contribution in [0.3, 0.4) is 0 Å². The fourth-order valence-corrected chi connectivity index (χ4v) is 3.83. The van der Waals surface area contributed by atoms with E-state index in [4.69, 9.17) is 4.74 Å². The van der Waals surface area contributed by atoms with Gasteiger partial charge in [-0.05, 0) is 41.3 Å². The molecule has 0 amide bonds. The number of pyridine rings is 1. The Morgan fingerprint density at radius 3 is 2.52 bits per heavy atom. The maximum atomic E-state index is 12.3.